The zero-order valence-electron chi connectivity index (χ0n) is 14.9. The van der Waals surface area contributed by atoms with Crippen molar-refractivity contribution in [1.29, 1.82) is 0 Å². The summed E-state index contributed by atoms with van der Waals surface area (Å²) in [5, 5.41) is 6.25. The number of rotatable bonds is 7. The highest BCUT2D eigenvalue weighted by molar-refractivity contribution is 6.04. The van der Waals surface area contributed by atoms with Gasteiger partial charge in [-0.25, -0.2) is 0 Å². The van der Waals surface area contributed by atoms with Crippen LogP contribution in [0.25, 0.3) is 0 Å². The molecule has 132 valence electrons. The van der Waals surface area contributed by atoms with Crippen molar-refractivity contribution >= 4 is 17.3 Å². The summed E-state index contributed by atoms with van der Waals surface area (Å²) in [7, 11) is 0. The number of anilines is 2. The van der Waals surface area contributed by atoms with Crippen molar-refractivity contribution in [2.24, 2.45) is 0 Å². The third-order valence-corrected chi connectivity index (χ3v) is 4.09. The number of hydrogen-bond acceptors (Lipinski definition) is 3. The molecule has 3 aromatic rings. The van der Waals surface area contributed by atoms with Gasteiger partial charge in [0.1, 0.15) is 0 Å². The molecule has 4 nitrogen and oxygen atoms in total. The summed E-state index contributed by atoms with van der Waals surface area (Å²) < 4.78 is 0. The van der Waals surface area contributed by atoms with Crippen LogP contribution in [-0.4, -0.2) is 17.4 Å². The van der Waals surface area contributed by atoms with Crippen molar-refractivity contribution in [3.63, 3.8) is 0 Å². The molecule has 0 radical (unpaired) electrons. The number of amides is 1. The van der Waals surface area contributed by atoms with E-state index in [9.17, 15) is 4.79 Å². The van der Waals surface area contributed by atoms with Crippen LogP contribution < -0.4 is 10.6 Å². The van der Waals surface area contributed by atoms with Gasteiger partial charge in [-0.3, -0.25) is 9.78 Å². The van der Waals surface area contributed by atoms with Gasteiger partial charge in [0.05, 0.1) is 11.3 Å². The smallest absolute Gasteiger partial charge is 0.257 e. The number of hydrogen-bond donors (Lipinski definition) is 2. The molecule has 2 N–H and O–H groups in total. The van der Waals surface area contributed by atoms with E-state index in [0.717, 1.165) is 36.3 Å². The van der Waals surface area contributed by atoms with Crippen LogP contribution in [0.5, 0.6) is 0 Å². The van der Waals surface area contributed by atoms with Crippen LogP contribution in [0.3, 0.4) is 0 Å². The monoisotopic (exact) mass is 345 g/mol. The molecular weight excluding hydrogens is 322 g/mol. The van der Waals surface area contributed by atoms with E-state index in [-0.39, 0.29) is 5.91 Å². The van der Waals surface area contributed by atoms with Gasteiger partial charge in [0.15, 0.2) is 0 Å². The maximum atomic E-state index is 12.4. The molecule has 3 rings (SSSR count). The molecule has 1 aromatic heterocycles. The lowest BCUT2D eigenvalue weighted by Crippen LogP contribution is -2.13. The minimum atomic E-state index is -0.156. The van der Waals surface area contributed by atoms with Crippen LogP contribution in [-0.2, 0) is 6.42 Å². The summed E-state index contributed by atoms with van der Waals surface area (Å²) in [6, 6.07) is 20.0. The molecule has 0 aliphatic heterocycles. The van der Waals surface area contributed by atoms with E-state index in [1.807, 2.05) is 43.3 Å². The molecule has 0 saturated carbocycles. The van der Waals surface area contributed by atoms with E-state index in [4.69, 9.17) is 0 Å². The normalized spacial score (nSPS) is 10.3. The number of nitrogens with zero attached hydrogens (tertiary/aromatic N) is 1. The Morgan fingerprint density at radius 1 is 0.962 bits per heavy atom. The first-order valence-corrected chi connectivity index (χ1v) is 8.81. The second kappa shape index (κ2) is 8.81. The summed E-state index contributed by atoms with van der Waals surface area (Å²) in [6.45, 7) is 2.83. The molecule has 4 heteroatoms. The molecule has 0 fully saturated rings. The summed E-state index contributed by atoms with van der Waals surface area (Å²) in [4.78, 5) is 16.6. The fourth-order valence-corrected chi connectivity index (χ4v) is 2.76. The van der Waals surface area contributed by atoms with Gasteiger partial charge in [0.2, 0.25) is 0 Å². The Balaban J connectivity index is 1.53. The van der Waals surface area contributed by atoms with Crippen molar-refractivity contribution in [2.75, 3.05) is 17.2 Å². The van der Waals surface area contributed by atoms with Crippen molar-refractivity contribution < 1.29 is 4.79 Å². The van der Waals surface area contributed by atoms with Crippen molar-refractivity contribution in [2.45, 2.75) is 19.8 Å². The van der Waals surface area contributed by atoms with Crippen molar-refractivity contribution in [3.05, 3.63) is 89.7 Å². The lowest BCUT2D eigenvalue weighted by molar-refractivity contribution is 0.102. The lowest BCUT2D eigenvalue weighted by atomic mass is 10.1. The second-order valence-electron chi connectivity index (χ2n) is 6.30. The van der Waals surface area contributed by atoms with E-state index in [2.05, 4.69) is 39.9 Å². The van der Waals surface area contributed by atoms with Crippen molar-refractivity contribution in [3.8, 4) is 0 Å². The Morgan fingerprint density at radius 2 is 1.81 bits per heavy atom. The van der Waals surface area contributed by atoms with Crippen LogP contribution in [0, 0.1) is 6.92 Å². The average Bonchev–Trinajstić information content (AvgIpc) is 2.66. The zero-order chi connectivity index (χ0) is 18.2. The topological polar surface area (TPSA) is 54.0 Å². The van der Waals surface area contributed by atoms with E-state index in [1.165, 1.54) is 5.56 Å². The maximum absolute atomic E-state index is 12.4. The quantitative estimate of drug-likeness (QED) is 0.611. The van der Waals surface area contributed by atoms with Gasteiger partial charge in [0.25, 0.3) is 5.91 Å². The predicted molar refractivity (Wildman–Crippen MR) is 107 cm³/mol. The standard InChI is InChI=1S/C22H23N3O/c1-17-7-5-11-20(13-17)25-22(26)19-14-21(16-23-15-19)24-12-6-10-18-8-3-2-4-9-18/h2-5,7-9,11,13-16,24H,6,10,12H2,1H3,(H,25,26). The molecule has 0 aliphatic rings. The molecule has 1 amide bonds. The van der Waals surface area contributed by atoms with Gasteiger partial charge in [-0.05, 0) is 49.1 Å². The Labute approximate surface area is 154 Å². The van der Waals surface area contributed by atoms with Gasteiger partial charge in [-0.2, -0.15) is 0 Å². The second-order valence-corrected chi connectivity index (χ2v) is 6.30. The minimum Gasteiger partial charge on any atom is -0.384 e. The number of aromatic nitrogens is 1. The van der Waals surface area contributed by atoms with Gasteiger partial charge in [-0.15, -0.1) is 0 Å². The fraction of sp³-hybridized carbons (Fsp3) is 0.182. The molecule has 2 aromatic carbocycles. The third-order valence-electron chi connectivity index (χ3n) is 4.09. The molecule has 26 heavy (non-hydrogen) atoms. The Bertz CT molecular complexity index is 862. The largest absolute Gasteiger partial charge is 0.384 e. The highest BCUT2D eigenvalue weighted by atomic mass is 16.1. The summed E-state index contributed by atoms with van der Waals surface area (Å²) in [5.74, 6) is -0.156. The van der Waals surface area contributed by atoms with Crippen molar-refractivity contribution in [1.82, 2.24) is 4.98 Å². The number of nitrogens with one attached hydrogen (secondary N) is 2. The molecule has 0 unspecified atom stereocenters. The lowest BCUT2D eigenvalue weighted by Gasteiger charge is -2.09. The van der Waals surface area contributed by atoms with E-state index in [1.54, 1.807) is 12.4 Å². The summed E-state index contributed by atoms with van der Waals surface area (Å²) >= 11 is 0. The zero-order valence-corrected chi connectivity index (χ0v) is 14.9. The molecule has 0 bridgehead atoms. The minimum absolute atomic E-state index is 0.156. The number of aryl methyl sites for hydroxylation is 2. The Kier molecular flexibility index (Phi) is 5.99. The van der Waals surface area contributed by atoms with Crippen LogP contribution in [0.15, 0.2) is 73.1 Å². The number of carbonyl (C=O) groups excluding carboxylic acids is 1. The van der Waals surface area contributed by atoms with Gasteiger partial charge in [0, 0.05) is 24.6 Å². The number of carbonyl (C=O) groups is 1. The summed E-state index contributed by atoms with van der Waals surface area (Å²) in [6.07, 6.45) is 5.37. The predicted octanol–water partition coefficient (Wildman–Crippen LogP) is 4.69. The summed E-state index contributed by atoms with van der Waals surface area (Å²) in [5.41, 5.74) is 4.62. The average molecular weight is 345 g/mol. The molecule has 0 aliphatic carbocycles. The third kappa shape index (κ3) is 5.18. The van der Waals surface area contributed by atoms with Gasteiger partial charge in [-0.1, -0.05) is 42.5 Å². The molecule has 0 saturated heterocycles. The molecule has 1 heterocycles. The Morgan fingerprint density at radius 3 is 2.62 bits per heavy atom. The van der Waals surface area contributed by atoms with Gasteiger partial charge >= 0.3 is 0 Å². The molecule has 0 spiro atoms. The first-order valence-electron chi connectivity index (χ1n) is 8.81. The van der Waals surface area contributed by atoms with Crippen LogP contribution in [0.2, 0.25) is 0 Å². The maximum Gasteiger partial charge on any atom is 0.257 e. The Hall–Kier alpha value is -3.14. The number of benzene rings is 2. The fourth-order valence-electron chi connectivity index (χ4n) is 2.76. The van der Waals surface area contributed by atoms with Crippen LogP contribution in [0.4, 0.5) is 11.4 Å². The van der Waals surface area contributed by atoms with E-state index in [0.29, 0.717) is 5.56 Å². The van der Waals surface area contributed by atoms with Crippen LogP contribution in [0.1, 0.15) is 27.9 Å². The first-order chi connectivity index (χ1) is 12.7. The van der Waals surface area contributed by atoms with Crippen LogP contribution >= 0.6 is 0 Å². The highest BCUT2D eigenvalue weighted by Crippen LogP contribution is 2.14. The molecule has 0 atom stereocenters. The SMILES string of the molecule is Cc1cccc(NC(=O)c2cncc(NCCCc3ccccc3)c2)c1. The number of pyridine rings is 1. The highest BCUT2D eigenvalue weighted by Gasteiger charge is 2.07. The van der Waals surface area contributed by atoms with Gasteiger partial charge < -0.3 is 10.6 Å². The first kappa shape index (κ1) is 17.7. The molecular formula is C22H23N3O. The van der Waals surface area contributed by atoms with E-state index >= 15 is 0 Å². The van der Waals surface area contributed by atoms with E-state index < -0.39 is 0 Å².